The quantitative estimate of drug-likeness (QED) is 0.273. The molecule has 2 heterocycles. The molecule has 0 spiro atoms. The van der Waals surface area contributed by atoms with E-state index in [1.807, 2.05) is 6.08 Å². The van der Waals surface area contributed by atoms with Crippen molar-refractivity contribution in [3.8, 4) is 0 Å². The van der Waals surface area contributed by atoms with Crippen LogP contribution in [-0.4, -0.2) is 82.0 Å². The van der Waals surface area contributed by atoms with Gasteiger partial charge in [0.2, 0.25) is 6.29 Å². The van der Waals surface area contributed by atoms with Gasteiger partial charge in [0, 0.05) is 11.5 Å². The molecule has 1 saturated heterocycles. The molecular weight excluding hydrogens is 336 g/mol. The van der Waals surface area contributed by atoms with Crippen LogP contribution in [0.2, 0.25) is 0 Å². The highest BCUT2D eigenvalue weighted by molar-refractivity contribution is 5.74. The van der Waals surface area contributed by atoms with Crippen molar-refractivity contribution < 1.29 is 44.5 Å². The highest BCUT2D eigenvalue weighted by Crippen LogP contribution is 2.43. The number of hydrogen-bond donors (Lipinski definition) is 5. The normalized spacial score (nSPS) is 43.7. The van der Waals surface area contributed by atoms with Crippen LogP contribution < -0.4 is 0 Å². The topological polar surface area (TPSA) is 146 Å². The van der Waals surface area contributed by atoms with E-state index in [9.17, 15) is 30.3 Å². The third kappa shape index (κ3) is 3.24. The van der Waals surface area contributed by atoms with E-state index in [4.69, 9.17) is 14.2 Å². The molecule has 0 saturated carbocycles. The summed E-state index contributed by atoms with van der Waals surface area (Å²) in [6.07, 6.45) is -3.70. The molecule has 9 nitrogen and oxygen atoms in total. The standard InChI is InChI=1S/C16H22O9/c17-3-7-1-2-9-8(4-18)6-23-15(11(7)9)25-16-14(22)13(21)12(20)10(5-19)24-16/h1,4,6,9-17,19-22H,2-3,5H2. The summed E-state index contributed by atoms with van der Waals surface area (Å²) in [6.45, 7) is -0.801. The number of aliphatic hydroxyl groups is 5. The molecule has 5 N–H and O–H groups in total. The first-order chi connectivity index (χ1) is 12.0. The van der Waals surface area contributed by atoms with Gasteiger partial charge in [-0.2, -0.15) is 0 Å². The van der Waals surface area contributed by atoms with E-state index in [0.717, 1.165) is 0 Å². The largest absolute Gasteiger partial charge is 0.471 e. The molecule has 0 aromatic carbocycles. The Bertz CT molecular complexity index is 558. The molecule has 140 valence electrons. The van der Waals surface area contributed by atoms with Crippen molar-refractivity contribution in [1.29, 1.82) is 0 Å². The molecular formula is C16H22O9. The molecule has 3 aliphatic rings. The Labute approximate surface area is 143 Å². The molecule has 9 heteroatoms. The van der Waals surface area contributed by atoms with E-state index in [1.54, 1.807) is 0 Å². The van der Waals surface area contributed by atoms with Gasteiger partial charge in [0.25, 0.3) is 0 Å². The summed E-state index contributed by atoms with van der Waals surface area (Å²) in [7, 11) is 0. The second kappa shape index (κ2) is 7.50. The Morgan fingerprint density at radius 2 is 1.92 bits per heavy atom. The number of aldehydes is 1. The van der Waals surface area contributed by atoms with Gasteiger partial charge >= 0.3 is 0 Å². The van der Waals surface area contributed by atoms with E-state index in [2.05, 4.69) is 0 Å². The lowest BCUT2D eigenvalue weighted by atomic mass is 9.84. The fraction of sp³-hybridized carbons (Fsp3) is 0.688. The van der Waals surface area contributed by atoms with Crippen molar-refractivity contribution in [2.75, 3.05) is 13.2 Å². The summed E-state index contributed by atoms with van der Waals surface area (Å²) in [5, 5.41) is 48.5. The van der Waals surface area contributed by atoms with E-state index in [-0.39, 0.29) is 12.5 Å². The molecule has 2 aliphatic heterocycles. The highest BCUT2D eigenvalue weighted by Gasteiger charge is 2.48. The maximum Gasteiger partial charge on any atom is 0.208 e. The lowest BCUT2D eigenvalue weighted by Crippen LogP contribution is -2.60. The van der Waals surface area contributed by atoms with Crippen LogP contribution in [0.15, 0.2) is 23.5 Å². The lowest BCUT2D eigenvalue weighted by molar-refractivity contribution is -0.339. The predicted molar refractivity (Wildman–Crippen MR) is 80.6 cm³/mol. The third-order valence-electron chi connectivity index (χ3n) is 4.99. The molecule has 0 bridgehead atoms. The van der Waals surface area contributed by atoms with Crippen molar-refractivity contribution in [2.45, 2.75) is 43.4 Å². The van der Waals surface area contributed by atoms with Crippen molar-refractivity contribution in [1.82, 2.24) is 0 Å². The maximum absolute atomic E-state index is 11.2. The second-order valence-corrected chi connectivity index (χ2v) is 6.38. The van der Waals surface area contributed by atoms with Gasteiger partial charge < -0.3 is 39.7 Å². The van der Waals surface area contributed by atoms with Gasteiger partial charge in [0.05, 0.1) is 25.4 Å². The minimum Gasteiger partial charge on any atom is -0.471 e. The van der Waals surface area contributed by atoms with Crippen LogP contribution >= 0.6 is 0 Å². The molecule has 8 unspecified atom stereocenters. The van der Waals surface area contributed by atoms with E-state index < -0.39 is 49.5 Å². The third-order valence-corrected chi connectivity index (χ3v) is 4.99. The van der Waals surface area contributed by atoms with Crippen molar-refractivity contribution >= 4 is 6.29 Å². The van der Waals surface area contributed by atoms with Crippen molar-refractivity contribution in [2.24, 2.45) is 11.8 Å². The van der Waals surface area contributed by atoms with Crippen LogP contribution in [0.3, 0.4) is 0 Å². The van der Waals surface area contributed by atoms with Crippen molar-refractivity contribution in [3.05, 3.63) is 23.5 Å². The Balaban J connectivity index is 1.78. The molecule has 0 amide bonds. The molecule has 8 atom stereocenters. The lowest BCUT2D eigenvalue weighted by Gasteiger charge is -2.42. The molecule has 0 aromatic rings. The first-order valence-electron chi connectivity index (χ1n) is 8.08. The fourth-order valence-electron chi connectivity index (χ4n) is 3.56. The van der Waals surface area contributed by atoms with Gasteiger partial charge in [-0.25, -0.2) is 0 Å². The molecule has 3 rings (SSSR count). The number of aliphatic hydroxyl groups excluding tert-OH is 5. The molecule has 0 radical (unpaired) electrons. The van der Waals surface area contributed by atoms with Gasteiger partial charge in [-0.15, -0.1) is 0 Å². The average Bonchev–Trinajstić information content (AvgIpc) is 3.07. The number of ether oxygens (including phenoxy) is 3. The highest BCUT2D eigenvalue weighted by atomic mass is 16.8. The van der Waals surface area contributed by atoms with Crippen LogP contribution in [0.4, 0.5) is 0 Å². The minimum absolute atomic E-state index is 0.219. The first kappa shape index (κ1) is 18.5. The summed E-state index contributed by atoms with van der Waals surface area (Å²) in [5.41, 5.74) is 1.09. The predicted octanol–water partition coefficient (Wildman–Crippen LogP) is -2.20. The zero-order valence-corrected chi connectivity index (χ0v) is 13.3. The van der Waals surface area contributed by atoms with Gasteiger partial charge in [-0.1, -0.05) is 6.08 Å². The van der Waals surface area contributed by atoms with E-state index in [0.29, 0.717) is 23.9 Å². The number of hydrogen-bond acceptors (Lipinski definition) is 9. The molecule has 25 heavy (non-hydrogen) atoms. The Morgan fingerprint density at radius 3 is 2.56 bits per heavy atom. The second-order valence-electron chi connectivity index (χ2n) is 6.38. The maximum atomic E-state index is 11.2. The number of allylic oxidation sites excluding steroid dienone is 2. The summed E-state index contributed by atoms with van der Waals surface area (Å²) < 4.78 is 16.4. The SMILES string of the molecule is O=CC1=COC(OC2OC(CO)C(O)C(O)C2O)C2C(CO)=CCC12. The van der Waals surface area contributed by atoms with E-state index in [1.165, 1.54) is 6.26 Å². The van der Waals surface area contributed by atoms with Gasteiger partial charge in [0.1, 0.15) is 30.7 Å². The van der Waals surface area contributed by atoms with Crippen LogP contribution in [0.25, 0.3) is 0 Å². The van der Waals surface area contributed by atoms with Crippen LogP contribution in [0, 0.1) is 11.8 Å². The van der Waals surface area contributed by atoms with Gasteiger partial charge in [-0.05, 0) is 12.0 Å². The van der Waals surface area contributed by atoms with E-state index >= 15 is 0 Å². The molecule has 0 aromatic heterocycles. The van der Waals surface area contributed by atoms with Crippen molar-refractivity contribution in [3.63, 3.8) is 0 Å². The zero-order chi connectivity index (χ0) is 18.1. The number of rotatable bonds is 5. The monoisotopic (exact) mass is 358 g/mol. The zero-order valence-electron chi connectivity index (χ0n) is 13.3. The Kier molecular flexibility index (Phi) is 5.54. The first-order valence-corrected chi connectivity index (χ1v) is 8.08. The molecule has 1 aliphatic carbocycles. The smallest absolute Gasteiger partial charge is 0.208 e. The Hall–Kier alpha value is -1.33. The summed E-state index contributed by atoms with van der Waals surface area (Å²) in [5.74, 6) is -0.661. The summed E-state index contributed by atoms with van der Waals surface area (Å²) in [6, 6.07) is 0. The van der Waals surface area contributed by atoms with Crippen LogP contribution in [-0.2, 0) is 19.0 Å². The van der Waals surface area contributed by atoms with Gasteiger partial charge in [-0.3, -0.25) is 4.79 Å². The van der Waals surface area contributed by atoms with Crippen LogP contribution in [0.1, 0.15) is 6.42 Å². The molecule has 1 fully saturated rings. The number of fused-ring (bicyclic) bond motifs is 1. The summed E-state index contributed by atoms with van der Waals surface area (Å²) >= 11 is 0. The number of carbonyl (C=O) groups excluding carboxylic acids is 1. The van der Waals surface area contributed by atoms with Gasteiger partial charge in [0.15, 0.2) is 6.29 Å². The fourth-order valence-corrected chi connectivity index (χ4v) is 3.56. The average molecular weight is 358 g/mol. The van der Waals surface area contributed by atoms with Crippen LogP contribution in [0.5, 0.6) is 0 Å². The Morgan fingerprint density at radius 1 is 1.16 bits per heavy atom. The summed E-state index contributed by atoms with van der Waals surface area (Å²) in [4.78, 5) is 11.2. The minimum atomic E-state index is -1.56. The number of carbonyl (C=O) groups is 1.